The summed E-state index contributed by atoms with van der Waals surface area (Å²) < 4.78 is 68.0. The second-order valence-electron chi connectivity index (χ2n) is 9.28. The van der Waals surface area contributed by atoms with E-state index in [1.807, 2.05) is 0 Å². The summed E-state index contributed by atoms with van der Waals surface area (Å²) in [7, 11) is -2.91. The molecule has 0 saturated carbocycles. The van der Waals surface area contributed by atoms with E-state index in [0.29, 0.717) is 11.6 Å². The number of imidazole rings is 1. The van der Waals surface area contributed by atoms with E-state index in [0.717, 1.165) is 11.5 Å². The molecule has 0 amide bonds. The molecule has 0 radical (unpaired) electrons. The summed E-state index contributed by atoms with van der Waals surface area (Å²) in [5.74, 6) is -3.21. The van der Waals surface area contributed by atoms with Gasteiger partial charge in [0.15, 0.2) is 35.0 Å². The Hall–Kier alpha value is -3.23. The molecule has 40 heavy (non-hydrogen) atoms. The molecule has 2 aromatic heterocycles. The Balaban J connectivity index is 1.61. The second kappa shape index (κ2) is 11.3. The van der Waals surface area contributed by atoms with E-state index in [9.17, 15) is 14.5 Å². The smallest absolute Gasteiger partial charge is 0.459 e. The van der Waals surface area contributed by atoms with Crippen molar-refractivity contribution in [3.05, 3.63) is 42.5 Å². The lowest BCUT2D eigenvalue weighted by atomic mass is 9.97. The summed E-state index contributed by atoms with van der Waals surface area (Å²) in [4.78, 5) is 24.8. The maximum Gasteiger partial charge on any atom is 0.459 e. The number of para-hydroxylation sites is 1. The van der Waals surface area contributed by atoms with Crippen LogP contribution in [0.15, 0.2) is 36.7 Å². The van der Waals surface area contributed by atoms with Gasteiger partial charge < -0.3 is 24.4 Å². The molecule has 0 unspecified atom stereocenters. The molecule has 13 nitrogen and oxygen atoms in total. The molecule has 0 spiro atoms. The number of halogens is 2. The van der Waals surface area contributed by atoms with E-state index >= 15 is 8.78 Å². The number of esters is 1. The monoisotopic (exact) mass is 584 g/mol. The lowest BCUT2D eigenvalue weighted by Crippen LogP contribution is -2.47. The maximum atomic E-state index is 16.1. The van der Waals surface area contributed by atoms with E-state index in [-0.39, 0.29) is 23.5 Å². The Labute approximate surface area is 228 Å². The number of nitrogens with one attached hydrogen (secondary N) is 2. The van der Waals surface area contributed by atoms with E-state index in [4.69, 9.17) is 18.5 Å². The van der Waals surface area contributed by atoms with Gasteiger partial charge in [0, 0.05) is 7.05 Å². The van der Waals surface area contributed by atoms with E-state index in [1.165, 1.54) is 25.4 Å². The minimum Gasteiger partial charge on any atom is -0.465 e. The third kappa shape index (κ3) is 5.79. The van der Waals surface area contributed by atoms with Gasteiger partial charge in [-0.25, -0.2) is 28.3 Å². The molecule has 4 rings (SSSR count). The molecule has 0 aliphatic carbocycles. The molecule has 1 fully saturated rings. The fraction of sp³-hybridized carbons (Fsp3) is 0.500. The normalized spacial score (nSPS) is 26.8. The zero-order valence-corrected chi connectivity index (χ0v) is 23.4. The van der Waals surface area contributed by atoms with Crippen molar-refractivity contribution >= 4 is 30.7 Å². The van der Waals surface area contributed by atoms with Crippen molar-refractivity contribution in [3.63, 3.8) is 0 Å². The molecular weight excluding hydrogens is 553 g/mol. The Morgan fingerprint density at radius 2 is 2.00 bits per heavy atom. The van der Waals surface area contributed by atoms with Crippen LogP contribution in [0.4, 0.5) is 14.6 Å². The van der Waals surface area contributed by atoms with Crippen molar-refractivity contribution in [2.75, 3.05) is 25.6 Å². The Morgan fingerprint density at radius 1 is 1.30 bits per heavy atom. The van der Waals surface area contributed by atoms with Crippen LogP contribution in [0.3, 0.4) is 0 Å². The molecule has 6 atom stereocenters. The van der Waals surface area contributed by atoms with Crippen LogP contribution in [-0.2, 0) is 23.4 Å². The molecule has 16 heteroatoms. The number of alkyl halides is 2. The summed E-state index contributed by atoms with van der Waals surface area (Å²) in [6.07, 6.45) is -2.96. The van der Waals surface area contributed by atoms with Crippen LogP contribution in [0, 0.1) is 6.92 Å². The molecule has 1 saturated heterocycles. The standard InChI is InChI=1S/C24H31F2N6O7P/c1-6-36-20(33)14(2)31-40(35,39-16-10-8-7-9-11-16)37-12-24(26)21(34)23(4,25)22(38-24)32-13-28-17-18(27-5)29-15(3)30-19(17)32/h7-11,13-14,21-22,34H,6,12H2,1-5H3,(H,31,35)(H,27,29,30)/t14-,21-,22+,23+,24+,40+/m0/s1. The van der Waals surface area contributed by atoms with Gasteiger partial charge in [0.25, 0.3) is 5.85 Å². The Morgan fingerprint density at radius 3 is 2.65 bits per heavy atom. The number of hydrogen-bond acceptors (Lipinski definition) is 11. The quantitative estimate of drug-likeness (QED) is 0.224. The number of aliphatic hydroxyl groups excluding tert-OH is 1. The van der Waals surface area contributed by atoms with Crippen LogP contribution in [0.5, 0.6) is 5.75 Å². The van der Waals surface area contributed by atoms with Crippen LogP contribution in [0.2, 0.25) is 0 Å². The van der Waals surface area contributed by atoms with Crippen molar-refractivity contribution in [1.82, 2.24) is 24.6 Å². The van der Waals surface area contributed by atoms with Crippen molar-refractivity contribution in [3.8, 4) is 5.75 Å². The number of anilines is 1. The minimum absolute atomic E-state index is 0.0584. The molecule has 0 bridgehead atoms. The molecule has 218 valence electrons. The van der Waals surface area contributed by atoms with Gasteiger partial charge in [0.1, 0.15) is 24.2 Å². The molecular formula is C24H31F2N6O7P. The van der Waals surface area contributed by atoms with Crippen molar-refractivity contribution in [1.29, 1.82) is 0 Å². The number of benzene rings is 1. The van der Waals surface area contributed by atoms with E-state index in [2.05, 4.69) is 25.4 Å². The van der Waals surface area contributed by atoms with E-state index in [1.54, 1.807) is 39.1 Å². The lowest BCUT2D eigenvalue weighted by molar-refractivity contribution is -0.202. The van der Waals surface area contributed by atoms with Gasteiger partial charge in [-0.3, -0.25) is 13.9 Å². The number of fused-ring (bicyclic) bond motifs is 1. The number of aryl methyl sites for hydroxylation is 1. The minimum atomic E-state index is -4.53. The second-order valence-corrected chi connectivity index (χ2v) is 11.0. The first-order valence-corrected chi connectivity index (χ1v) is 13.9. The Bertz CT molecular complexity index is 1410. The summed E-state index contributed by atoms with van der Waals surface area (Å²) in [6.45, 7) is 4.31. The third-order valence-corrected chi connectivity index (χ3v) is 7.77. The average Bonchev–Trinajstić information content (AvgIpc) is 3.40. The third-order valence-electron chi connectivity index (χ3n) is 6.15. The first-order valence-electron chi connectivity index (χ1n) is 12.4. The number of carbonyl (C=O) groups is 1. The van der Waals surface area contributed by atoms with Gasteiger partial charge >= 0.3 is 13.7 Å². The average molecular weight is 585 g/mol. The van der Waals surface area contributed by atoms with E-state index < -0.39 is 50.2 Å². The van der Waals surface area contributed by atoms with Gasteiger partial charge in [-0.1, -0.05) is 18.2 Å². The van der Waals surface area contributed by atoms with Crippen LogP contribution >= 0.6 is 7.75 Å². The summed E-state index contributed by atoms with van der Waals surface area (Å²) in [5.41, 5.74) is -2.32. The van der Waals surface area contributed by atoms with Gasteiger partial charge in [0.2, 0.25) is 0 Å². The first-order chi connectivity index (χ1) is 18.8. The van der Waals surface area contributed by atoms with Gasteiger partial charge in [-0.15, -0.1) is 0 Å². The largest absolute Gasteiger partial charge is 0.465 e. The topological polar surface area (TPSA) is 159 Å². The van der Waals surface area contributed by atoms with Crippen LogP contribution < -0.4 is 14.9 Å². The zero-order chi connectivity index (χ0) is 29.3. The van der Waals surface area contributed by atoms with Crippen molar-refractivity contribution in [2.45, 2.75) is 57.6 Å². The SMILES string of the molecule is CCOC(=O)[C@H](C)N[P@@](=O)(OC[C@@]1(F)O[C@@H](n2cnc3c(NC)nc(C)nc32)[C@](C)(F)[C@@H]1O)Oc1ccccc1. The predicted octanol–water partition coefficient (Wildman–Crippen LogP) is 3.21. The maximum absolute atomic E-state index is 16.1. The van der Waals surface area contributed by atoms with Gasteiger partial charge in [-0.2, -0.15) is 5.09 Å². The molecule has 1 aromatic carbocycles. The number of hydrogen-bond donors (Lipinski definition) is 3. The highest BCUT2D eigenvalue weighted by Crippen LogP contribution is 2.52. The number of ether oxygens (including phenoxy) is 2. The van der Waals surface area contributed by atoms with Crippen molar-refractivity contribution < 1.29 is 41.8 Å². The number of carbonyl (C=O) groups excluding carboxylic acids is 1. The first kappa shape index (κ1) is 29.7. The summed E-state index contributed by atoms with van der Waals surface area (Å²) in [6, 6.07) is 6.59. The number of aromatic nitrogens is 4. The fourth-order valence-electron chi connectivity index (χ4n) is 4.17. The number of aliphatic hydroxyl groups is 1. The molecule has 3 aromatic rings. The van der Waals surface area contributed by atoms with Crippen molar-refractivity contribution in [2.24, 2.45) is 0 Å². The predicted molar refractivity (Wildman–Crippen MR) is 139 cm³/mol. The molecule has 1 aliphatic rings. The number of nitrogens with zero attached hydrogens (tertiary/aromatic N) is 4. The lowest BCUT2D eigenvalue weighted by Gasteiger charge is -2.28. The summed E-state index contributed by atoms with van der Waals surface area (Å²) in [5, 5.41) is 16.0. The molecule has 3 heterocycles. The van der Waals surface area contributed by atoms with Crippen LogP contribution in [0.25, 0.3) is 11.2 Å². The highest BCUT2D eigenvalue weighted by atomic mass is 31.2. The van der Waals surface area contributed by atoms with Crippen LogP contribution in [-0.4, -0.2) is 74.5 Å². The molecule has 1 aliphatic heterocycles. The summed E-state index contributed by atoms with van der Waals surface area (Å²) >= 11 is 0. The number of rotatable bonds is 11. The van der Waals surface area contributed by atoms with Gasteiger partial charge in [-0.05, 0) is 39.8 Å². The fourth-order valence-corrected chi connectivity index (χ4v) is 5.68. The Kier molecular flexibility index (Phi) is 8.43. The highest BCUT2D eigenvalue weighted by Gasteiger charge is 2.65. The highest BCUT2D eigenvalue weighted by molar-refractivity contribution is 7.52. The van der Waals surface area contributed by atoms with Gasteiger partial charge in [0.05, 0.1) is 12.9 Å². The van der Waals surface area contributed by atoms with Crippen LogP contribution in [0.1, 0.15) is 32.8 Å². The zero-order valence-electron chi connectivity index (χ0n) is 22.5. The molecule has 3 N–H and O–H groups in total.